The van der Waals surface area contributed by atoms with E-state index in [1.54, 1.807) is 20.8 Å². The second-order valence-electron chi connectivity index (χ2n) is 11.4. The van der Waals surface area contributed by atoms with Crippen LogP contribution in [0.25, 0.3) is 0 Å². The predicted molar refractivity (Wildman–Crippen MR) is 166 cm³/mol. The number of carbonyl (C=O) groups is 5. The normalized spacial score (nSPS) is 21.7. The molecule has 2 aromatic rings. The number of tetrazole rings is 1. The summed E-state index contributed by atoms with van der Waals surface area (Å²) in [7, 11) is 0. The molecule has 20 nitrogen and oxygen atoms in total. The number of hydrogen-bond acceptors (Lipinski definition) is 17. The number of nitrogens with two attached hydrogens (primary N) is 1. The maximum Gasteiger partial charge on any atom is 0.407 e. The summed E-state index contributed by atoms with van der Waals surface area (Å²) in [5, 5.41) is 39.6. The third-order valence-electron chi connectivity index (χ3n) is 6.60. The highest BCUT2D eigenvalue weighted by Gasteiger charge is 2.57. The van der Waals surface area contributed by atoms with Crippen molar-refractivity contribution in [1.82, 2.24) is 45.1 Å². The van der Waals surface area contributed by atoms with Gasteiger partial charge < -0.3 is 41.1 Å². The largest absolute Gasteiger partial charge is 0.481 e. The number of nitrogens with one attached hydrogen (secondary N) is 2. The van der Waals surface area contributed by atoms with E-state index in [0.717, 1.165) is 23.3 Å². The summed E-state index contributed by atoms with van der Waals surface area (Å²) in [6, 6.07) is -1.02. The lowest BCUT2D eigenvalue weighted by Gasteiger charge is -2.53. The lowest BCUT2D eigenvalue weighted by atomic mass is 9.89. The number of aryl methyl sites for hydroxylation is 1. The standard InChI is InChI=1S/C24H33N11O9S3/c1-11(18(38)39)44-30-12(14-28-20(25)47-31-14)15(36)27-13-16(37)34-8-24(19(40)41,9-45-17(13)34)10-46-21-29-32-33-35(21)7-5-6-26-22(42)43-23(2,3)4/h11,13,17H,5-10H2,1-4H3,(H,26,42)(H,27,36)(H,38,39)(H,40,41)(H2,25,28,31)/t11?,13?,17-,24?/m1/s1. The molecule has 4 heterocycles. The second kappa shape index (κ2) is 14.7. The molecule has 256 valence electrons. The highest BCUT2D eigenvalue weighted by Crippen LogP contribution is 2.44. The first-order valence-electron chi connectivity index (χ1n) is 14.0. The fourth-order valence-electron chi connectivity index (χ4n) is 4.18. The highest BCUT2D eigenvalue weighted by molar-refractivity contribution is 8.00. The van der Waals surface area contributed by atoms with Crippen LogP contribution in [0.3, 0.4) is 0 Å². The Morgan fingerprint density at radius 2 is 2.02 bits per heavy atom. The molecule has 0 spiro atoms. The smallest absolute Gasteiger partial charge is 0.407 e. The Morgan fingerprint density at radius 1 is 1.28 bits per heavy atom. The van der Waals surface area contributed by atoms with Gasteiger partial charge in [0.05, 0.1) is 0 Å². The summed E-state index contributed by atoms with van der Waals surface area (Å²) in [5.41, 5.74) is 3.17. The van der Waals surface area contributed by atoms with E-state index in [1.165, 1.54) is 28.3 Å². The van der Waals surface area contributed by atoms with Crippen LogP contribution < -0.4 is 16.4 Å². The third-order valence-corrected chi connectivity index (χ3v) is 9.97. The summed E-state index contributed by atoms with van der Waals surface area (Å²) < 4.78 is 10.6. The number of rotatable bonds is 14. The average molecular weight is 716 g/mol. The number of carboxylic acids is 2. The van der Waals surface area contributed by atoms with Crippen LogP contribution in [-0.2, 0) is 35.3 Å². The first-order valence-corrected chi connectivity index (χ1v) is 16.8. The van der Waals surface area contributed by atoms with Crippen LogP contribution in [0.15, 0.2) is 10.3 Å². The Balaban J connectivity index is 1.34. The molecule has 6 N–H and O–H groups in total. The molecule has 4 rings (SSSR count). The molecule has 2 aliphatic rings. The number of carboxylic acid groups (broad SMARTS) is 2. The molecule has 47 heavy (non-hydrogen) atoms. The zero-order chi connectivity index (χ0) is 34.5. The van der Waals surface area contributed by atoms with Gasteiger partial charge in [0.2, 0.25) is 28.7 Å². The highest BCUT2D eigenvalue weighted by atomic mass is 32.2. The van der Waals surface area contributed by atoms with Gasteiger partial charge in [-0.3, -0.25) is 14.4 Å². The van der Waals surface area contributed by atoms with Gasteiger partial charge in [-0.15, -0.1) is 16.9 Å². The number of amides is 3. The molecule has 0 aliphatic carbocycles. The Morgan fingerprint density at radius 3 is 2.66 bits per heavy atom. The van der Waals surface area contributed by atoms with E-state index in [1.807, 2.05) is 0 Å². The number of aromatic nitrogens is 6. The van der Waals surface area contributed by atoms with Crippen LogP contribution in [0.5, 0.6) is 0 Å². The molecular weight excluding hydrogens is 683 g/mol. The number of ether oxygens (including phenoxy) is 1. The summed E-state index contributed by atoms with van der Waals surface area (Å²) in [6.45, 7) is 7.02. The first-order chi connectivity index (χ1) is 22.1. The minimum atomic E-state index is -1.39. The lowest BCUT2D eigenvalue weighted by Crippen LogP contribution is -2.74. The second-order valence-corrected chi connectivity index (χ2v) is 14.3. The van der Waals surface area contributed by atoms with Crippen molar-refractivity contribution in [3.63, 3.8) is 0 Å². The number of anilines is 1. The summed E-state index contributed by atoms with van der Waals surface area (Å²) in [4.78, 5) is 71.9. The van der Waals surface area contributed by atoms with Gasteiger partial charge in [-0.2, -0.15) is 9.36 Å². The molecule has 3 amide bonds. The Kier molecular flexibility index (Phi) is 11.1. The van der Waals surface area contributed by atoms with Gasteiger partial charge in [0.15, 0.2) is 5.13 Å². The van der Waals surface area contributed by atoms with E-state index in [2.05, 4.69) is 40.7 Å². The lowest BCUT2D eigenvalue weighted by molar-refractivity contribution is -0.157. The van der Waals surface area contributed by atoms with Crippen molar-refractivity contribution in [2.45, 2.75) is 68.9 Å². The van der Waals surface area contributed by atoms with Crippen LogP contribution in [0.1, 0.15) is 39.9 Å². The summed E-state index contributed by atoms with van der Waals surface area (Å²) >= 11 is 3.10. The number of hydrogen-bond donors (Lipinski definition) is 5. The zero-order valence-corrected chi connectivity index (χ0v) is 28.1. The fourth-order valence-corrected chi connectivity index (χ4v) is 7.38. The molecule has 0 aromatic carbocycles. The van der Waals surface area contributed by atoms with Gasteiger partial charge in [0.25, 0.3) is 5.91 Å². The number of fused-ring (bicyclic) bond motifs is 1. The Hall–Kier alpha value is -4.25. The molecule has 0 bridgehead atoms. The third kappa shape index (κ3) is 8.77. The number of aliphatic carboxylic acids is 2. The van der Waals surface area contributed by atoms with Crippen molar-refractivity contribution in [2.24, 2.45) is 10.6 Å². The first kappa shape index (κ1) is 35.6. The van der Waals surface area contributed by atoms with E-state index < -0.39 is 64.1 Å². The fraction of sp³-hybridized carbons (Fsp3) is 0.625. The van der Waals surface area contributed by atoms with Gasteiger partial charge in [0.1, 0.15) is 22.4 Å². The van der Waals surface area contributed by atoms with E-state index in [9.17, 15) is 29.1 Å². The van der Waals surface area contributed by atoms with Crippen LogP contribution in [-0.4, -0.2) is 128 Å². The van der Waals surface area contributed by atoms with E-state index >= 15 is 0 Å². The molecule has 0 radical (unpaired) electrons. The molecule has 2 saturated heterocycles. The van der Waals surface area contributed by atoms with Gasteiger partial charge in [-0.25, -0.2) is 14.3 Å². The van der Waals surface area contributed by atoms with E-state index in [0.29, 0.717) is 24.7 Å². The van der Waals surface area contributed by atoms with E-state index in [-0.39, 0.29) is 29.0 Å². The number of nitrogen functional groups attached to an aromatic ring is 1. The van der Waals surface area contributed by atoms with Crippen molar-refractivity contribution >= 4 is 75.7 Å². The van der Waals surface area contributed by atoms with Crippen molar-refractivity contribution < 1.29 is 43.8 Å². The molecular formula is C24H33N11O9S3. The number of nitrogens with zero attached hydrogens (tertiary/aromatic N) is 8. The van der Waals surface area contributed by atoms with Crippen molar-refractivity contribution in [3.8, 4) is 0 Å². The number of alkyl carbamates (subject to hydrolysis) is 1. The van der Waals surface area contributed by atoms with Gasteiger partial charge in [0, 0.05) is 42.7 Å². The summed E-state index contributed by atoms with van der Waals surface area (Å²) in [6.07, 6.45) is -1.45. The van der Waals surface area contributed by atoms with Crippen molar-refractivity contribution in [2.75, 3.05) is 30.3 Å². The Bertz CT molecular complexity index is 1550. The Labute approximate surface area is 279 Å². The van der Waals surface area contributed by atoms with Gasteiger partial charge in [-0.1, -0.05) is 16.9 Å². The van der Waals surface area contributed by atoms with Gasteiger partial charge in [-0.05, 0) is 44.5 Å². The molecule has 2 aromatic heterocycles. The van der Waals surface area contributed by atoms with Crippen molar-refractivity contribution in [1.29, 1.82) is 0 Å². The zero-order valence-electron chi connectivity index (χ0n) is 25.6. The number of carbonyl (C=O) groups excluding carboxylic acids is 3. The monoisotopic (exact) mass is 715 g/mol. The van der Waals surface area contributed by atoms with Crippen LogP contribution in [0.2, 0.25) is 0 Å². The van der Waals surface area contributed by atoms with Crippen molar-refractivity contribution in [3.05, 3.63) is 5.82 Å². The quantitative estimate of drug-likeness (QED) is 0.0541. The minimum absolute atomic E-state index is 0.0210. The molecule has 0 saturated carbocycles. The maximum atomic E-state index is 13.1. The average Bonchev–Trinajstić information content (AvgIpc) is 3.64. The molecule has 3 unspecified atom stereocenters. The molecule has 2 fully saturated rings. The summed E-state index contributed by atoms with van der Waals surface area (Å²) in [5.74, 6) is -3.91. The minimum Gasteiger partial charge on any atom is -0.481 e. The molecule has 2 aliphatic heterocycles. The van der Waals surface area contributed by atoms with Crippen LogP contribution in [0, 0.1) is 5.41 Å². The number of β-lactam (4-membered cyclic amide) rings is 1. The maximum absolute atomic E-state index is 13.1. The SMILES string of the molecule is CC(ON=C(C(=O)NC1C(=O)N2CC(CSc3nnnn3CCCNC(=O)OC(C)(C)C)(C(=O)O)CS[C@H]12)c1nsc(N)n1)C(=O)O. The topological polar surface area (TPSA) is 279 Å². The predicted octanol–water partition coefficient (Wildman–Crippen LogP) is -0.521. The number of thioether (sulfide) groups is 2. The van der Waals surface area contributed by atoms with E-state index in [4.69, 9.17) is 20.4 Å². The molecule has 4 atom stereocenters. The van der Waals surface area contributed by atoms with Gasteiger partial charge >= 0.3 is 18.0 Å². The van der Waals surface area contributed by atoms with Crippen LogP contribution in [0.4, 0.5) is 9.93 Å². The van der Waals surface area contributed by atoms with Crippen LogP contribution >= 0.6 is 35.1 Å². The molecule has 23 heteroatoms. The number of oxime groups is 1.